The Kier molecular flexibility index (Phi) is 5.90. The number of rotatable bonds is 6. The zero-order chi connectivity index (χ0) is 20.9. The molecule has 3 aromatic carbocycles. The lowest BCUT2D eigenvalue weighted by atomic mass is 10.1. The Labute approximate surface area is 179 Å². The number of nitrogens with zero attached hydrogens (tertiary/aromatic N) is 4. The minimum Gasteiger partial charge on any atom is -0.325 e. The first-order valence-electron chi connectivity index (χ1n) is 9.55. The summed E-state index contributed by atoms with van der Waals surface area (Å²) in [5.74, 6) is -0.130. The molecule has 6 nitrogen and oxygen atoms in total. The van der Waals surface area contributed by atoms with E-state index in [1.807, 2.05) is 92.7 Å². The van der Waals surface area contributed by atoms with E-state index in [9.17, 15) is 4.79 Å². The largest absolute Gasteiger partial charge is 0.325 e. The second kappa shape index (κ2) is 8.92. The molecule has 0 bridgehead atoms. The normalized spacial score (nSPS) is 11.8. The van der Waals surface area contributed by atoms with Gasteiger partial charge in [0.2, 0.25) is 11.1 Å². The molecule has 0 spiro atoms. The lowest BCUT2D eigenvalue weighted by Crippen LogP contribution is -2.19. The number of hydrogen-bond donors (Lipinski definition) is 1. The number of nitrogens with one attached hydrogen (secondary N) is 1. The summed E-state index contributed by atoms with van der Waals surface area (Å²) in [6.07, 6.45) is 0. The maximum atomic E-state index is 13.2. The molecule has 150 valence electrons. The number of thioether (sulfide) groups is 1. The number of tetrazole rings is 1. The summed E-state index contributed by atoms with van der Waals surface area (Å²) in [4.78, 5) is 13.2. The number of benzene rings is 3. The highest BCUT2D eigenvalue weighted by atomic mass is 32.2. The molecule has 0 saturated carbocycles. The van der Waals surface area contributed by atoms with Gasteiger partial charge in [0.15, 0.2) is 0 Å². The minimum atomic E-state index is -0.513. The molecule has 0 fully saturated rings. The Bertz CT molecular complexity index is 1140. The van der Waals surface area contributed by atoms with E-state index in [2.05, 4.69) is 20.8 Å². The van der Waals surface area contributed by atoms with E-state index in [0.29, 0.717) is 5.16 Å². The summed E-state index contributed by atoms with van der Waals surface area (Å²) in [5, 5.41) is 15.2. The lowest BCUT2D eigenvalue weighted by molar-refractivity contribution is -0.115. The van der Waals surface area contributed by atoms with Crippen LogP contribution in [0.3, 0.4) is 0 Å². The molecule has 0 aliphatic rings. The van der Waals surface area contributed by atoms with Crippen molar-refractivity contribution < 1.29 is 4.79 Å². The van der Waals surface area contributed by atoms with E-state index in [0.717, 1.165) is 28.1 Å². The number of aromatic nitrogens is 4. The number of aryl methyl sites for hydroxylation is 2. The molecular weight excluding hydrogens is 394 g/mol. The molecule has 1 heterocycles. The van der Waals surface area contributed by atoms with Gasteiger partial charge in [-0.05, 0) is 53.6 Å². The molecule has 0 saturated heterocycles. The van der Waals surface area contributed by atoms with Gasteiger partial charge in [-0.3, -0.25) is 4.79 Å². The fraction of sp³-hybridized carbons (Fsp3) is 0.130. The third kappa shape index (κ3) is 4.41. The summed E-state index contributed by atoms with van der Waals surface area (Å²) in [5.41, 5.74) is 4.71. The molecule has 0 unspecified atom stereocenters. The van der Waals surface area contributed by atoms with Gasteiger partial charge >= 0.3 is 0 Å². The highest BCUT2D eigenvalue weighted by Crippen LogP contribution is 2.36. The Morgan fingerprint density at radius 1 is 0.933 bits per heavy atom. The summed E-state index contributed by atoms with van der Waals surface area (Å²) >= 11 is 1.32. The highest BCUT2D eigenvalue weighted by molar-refractivity contribution is 8.00. The predicted molar refractivity (Wildman–Crippen MR) is 119 cm³/mol. The van der Waals surface area contributed by atoms with Gasteiger partial charge in [0.25, 0.3) is 0 Å². The average Bonchev–Trinajstić information content (AvgIpc) is 3.22. The number of amides is 1. The number of anilines is 1. The van der Waals surface area contributed by atoms with E-state index in [1.54, 1.807) is 4.68 Å². The van der Waals surface area contributed by atoms with E-state index in [1.165, 1.54) is 11.8 Å². The second-order valence-electron chi connectivity index (χ2n) is 6.92. The van der Waals surface area contributed by atoms with Gasteiger partial charge in [-0.25, -0.2) is 0 Å². The van der Waals surface area contributed by atoms with Crippen LogP contribution >= 0.6 is 11.8 Å². The predicted octanol–water partition coefficient (Wildman–Crippen LogP) is 4.75. The molecule has 0 radical (unpaired) electrons. The zero-order valence-electron chi connectivity index (χ0n) is 16.7. The number of carbonyl (C=O) groups excluding carboxylic acids is 1. The van der Waals surface area contributed by atoms with Crippen LogP contribution in [0.2, 0.25) is 0 Å². The molecule has 1 aromatic heterocycles. The summed E-state index contributed by atoms with van der Waals surface area (Å²) in [7, 11) is 0. The number of hydrogen-bond acceptors (Lipinski definition) is 5. The van der Waals surface area contributed by atoms with Gasteiger partial charge in [0.1, 0.15) is 5.25 Å². The SMILES string of the molecule is Cc1ccc(NC(=O)[C@@H](Sc2nnnn2-c2ccccc2C)c2ccccc2)cc1. The molecule has 1 amide bonds. The molecule has 4 aromatic rings. The van der Waals surface area contributed by atoms with Crippen molar-refractivity contribution in [3.8, 4) is 5.69 Å². The molecule has 4 rings (SSSR count). The molecule has 1 atom stereocenters. The van der Waals surface area contributed by atoms with E-state index < -0.39 is 5.25 Å². The lowest BCUT2D eigenvalue weighted by Gasteiger charge is -2.17. The van der Waals surface area contributed by atoms with Gasteiger partial charge in [0.05, 0.1) is 5.69 Å². The summed E-state index contributed by atoms with van der Waals surface area (Å²) < 4.78 is 1.68. The molecule has 0 aliphatic heterocycles. The van der Waals surface area contributed by atoms with E-state index in [-0.39, 0.29) is 5.91 Å². The Morgan fingerprint density at radius 2 is 1.63 bits per heavy atom. The van der Waals surface area contributed by atoms with Crippen molar-refractivity contribution in [2.45, 2.75) is 24.3 Å². The van der Waals surface area contributed by atoms with Gasteiger partial charge in [-0.15, -0.1) is 5.10 Å². The monoisotopic (exact) mass is 415 g/mol. The first-order chi connectivity index (χ1) is 14.6. The van der Waals surface area contributed by atoms with Crippen LogP contribution in [-0.4, -0.2) is 26.1 Å². The van der Waals surface area contributed by atoms with Crippen LogP contribution in [0, 0.1) is 13.8 Å². The van der Waals surface area contributed by atoms with Crippen LogP contribution in [0.1, 0.15) is 21.9 Å². The van der Waals surface area contributed by atoms with Crippen molar-refractivity contribution >= 4 is 23.4 Å². The van der Waals surface area contributed by atoms with Crippen LogP contribution in [0.15, 0.2) is 84.0 Å². The van der Waals surface area contributed by atoms with Crippen LogP contribution < -0.4 is 5.32 Å². The van der Waals surface area contributed by atoms with Gasteiger partial charge < -0.3 is 5.32 Å². The smallest absolute Gasteiger partial charge is 0.242 e. The maximum Gasteiger partial charge on any atom is 0.242 e. The van der Waals surface area contributed by atoms with Crippen molar-refractivity contribution in [1.29, 1.82) is 0 Å². The van der Waals surface area contributed by atoms with Gasteiger partial charge in [0, 0.05) is 5.69 Å². The molecule has 30 heavy (non-hydrogen) atoms. The number of carbonyl (C=O) groups is 1. The topological polar surface area (TPSA) is 72.7 Å². The average molecular weight is 416 g/mol. The Balaban J connectivity index is 1.65. The zero-order valence-corrected chi connectivity index (χ0v) is 17.5. The molecule has 7 heteroatoms. The molecule has 1 N–H and O–H groups in total. The number of para-hydroxylation sites is 1. The van der Waals surface area contributed by atoms with E-state index >= 15 is 0 Å². The van der Waals surface area contributed by atoms with Crippen molar-refractivity contribution in [2.75, 3.05) is 5.32 Å². The fourth-order valence-corrected chi connectivity index (χ4v) is 4.04. The highest BCUT2D eigenvalue weighted by Gasteiger charge is 2.25. The summed E-state index contributed by atoms with van der Waals surface area (Å²) in [6.45, 7) is 4.02. The first-order valence-corrected chi connectivity index (χ1v) is 10.4. The van der Waals surface area contributed by atoms with Crippen molar-refractivity contribution in [2.24, 2.45) is 0 Å². The Morgan fingerprint density at radius 3 is 2.37 bits per heavy atom. The third-order valence-electron chi connectivity index (χ3n) is 4.67. The van der Waals surface area contributed by atoms with Crippen LogP contribution in [0.25, 0.3) is 5.69 Å². The van der Waals surface area contributed by atoms with Gasteiger partial charge in [-0.1, -0.05) is 78.0 Å². The Hall–Kier alpha value is -3.45. The van der Waals surface area contributed by atoms with Crippen LogP contribution in [0.4, 0.5) is 5.69 Å². The van der Waals surface area contributed by atoms with E-state index in [4.69, 9.17) is 0 Å². The summed E-state index contributed by atoms with van der Waals surface area (Å²) in [6, 6.07) is 25.3. The van der Waals surface area contributed by atoms with Crippen molar-refractivity contribution in [3.05, 3.63) is 95.6 Å². The van der Waals surface area contributed by atoms with Crippen LogP contribution in [0.5, 0.6) is 0 Å². The third-order valence-corrected chi connectivity index (χ3v) is 5.85. The quantitative estimate of drug-likeness (QED) is 0.460. The first kappa shape index (κ1) is 19.8. The molecule has 0 aliphatic carbocycles. The van der Waals surface area contributed by atoms with Crippen LogP contribution in [-0.2, 0) is 4.79 Å². The fourth-order valence-electron chi connectivity index (χ4n) is 3.06. The maximum absolute atomic E-state index is 13.2. The van der Waals surface area contributed by atoms with Crippen molar-refractivity contribution in [1.82, 2.24) is 20.2 Å². The molecular formula is C23H21N5OS. The standard InChI is InChI=1S/C23H21N5OS/c1-16-12-14-19(15-13-16)24-22(29)21(18-9-4-3-5-10-18)30-23-25-26-27-28(23)20-11-7-6-8-17(20)2/h3-15,21H,1-2H3,(H,24,29)/t21-/m0/s1. The van der Waals surface area contributed by atoms with Crippen molar-refractivity contribution in [3.63, 3.8) is 0 Å². The second-order valence-corrected chi connectivity index (χ2v) is 8.00. The van der Waals surface area contributed by atoms with Gasteiger partial charge in [-0.2, -0.15) is 4.68 Å². The minimum absolute atomic E-state index is 0.130.